The summed E-state index contributed by atoms with van der Waals surface area (Å²) in [6, 6.07) is 7.62. The number of nitrogens with zero attached hydrogens (tertiary/aromatic N) is 2. The van der Waals surface area contributed by atoms with Gasteiger partial charge < -0.3 is 14.5 Å². The Hall–Kier alpha value is -1.14. The predicted molar refractivity (Wildman–Crippen MR) is 81.1 cm³/mol. The Morgan fingerprint density at radius 1 is 1.38 bits per heavy atom. The molecule has 0 spiro atoms. The molecule has 114 valence electrons. The van der Waals surface area contributed by atoms with Gasteiger partial charge >= 0.3 is 0 Å². The van der Waals surface area contributed by atoms with Gasteiger partial charge in [0.05, 0.1) is 25.8 Å². The van der Waals surface area contributed by atoms with Crippen molar-refractivity contribution < 1.29 is 9.53 Å². The number of amides is 1. The highest BCUT2D eigenvalue weighted by molar-refractivity contribution is 6.30. The van der Waals surface area contributed by atoms with E-state index in [-0.39, 0.29) is 18.2 Å². The first kappa shape index (κ1) is 14.8. The second-order valence-corrected chi connectivity index (χ2v) is 6.07. The molecule has 2 unspecified atom stereocenters. The first-order chi connectivity index (χ1) is 10.1. The second kappa shape index (κ2) is 6.32. The van der Waals surface area contributed by atoms with Crippen molar-refractivity contribution in [1.82, 2.24) is 15.1 Å². The van der Waals surface area contributed by atoms with Gasteiger partial charge in [-0.05, 0) is 24.7 Å². The van der Waals surface area contributed by atoms with E-state index >= 15 is 0 Å². The van der Waals surface area contributed by atoms with Gasteiger partial charge in [-0.25, -0.2) is 0 Å². The lowest BCUT2D eigenvalue weighted by atomic mass is 10.1. The lowest BCUT2D eigenvalue weighted by molar-refractivity contribution is -0.131. The van der Waals surface area contributed by atoms with Crippen LogP contribution in [0.15, 0.2) is 24.3 Å². The van der Waals surface area contributed by atoms with Crippen molar-refractivity contribution >= 4 is 17.5 Å². The molecular weight excluding hydrogens is 290 g/mol. The number of halogens is 1. The summed E-state index contributed by atoms with van der Waals surface area (Å²) in [5, 5.41) is 3.96. The van der Waals surface area contributed by atoms with Crippen LogP contribution in [0.3, 0.4) is 0 Å². The van der Waals surface area contributed by atoms with Crippen LogP contribution in [-0.4, -0.2) is 61.6 Å². The maximum Gasteiger partial charge on any atom is 0.238 e. The van der Waals surface area contributed by atoms with Crippen molar-refractivity contribution in [2.45, 2.75) is 12.3 Å². The van der Waals surface area contributed by atoms with Crippen LogP contribution in [0.1, 0.15) is 11.7 Å². The van der Waals surface area contributed by atoms with Crippen LogP contribution in [0.5, 0.6) is 0 Å². The summed E-state index contributed by atoms with van der Waals surface area (Å²) in [5.41, 5.74) is 1.05. The Morgan fingerprint density at radius 2 is 2.14 bits per heavy atom. The molecule has 2 fully saturated rings. The molecule has 1 amide bonds. The molecule has 0 aromatic heterocycles. The Labute approximate surface area is 129 Å². The van der Waals surface area contributed by atoms with Gasteiger partial charge in [0.2, 0.25) is 5.91 Å². The van der Waals surface area contributed by atoms with Gasteiger partial charge in [0.1, 0.15) is 6.17 Å². The zero-order chi connectivity index (χ0) is 14.8. The number of rotatable bonds is 3. The van der Waals surface area contributed by atoms with Gasteiger partial charge in [0.25, 0.3) is 0 Å². The highest BCUT2D eigenvalue weighted by atomic mass is 35.5. The summed E-state index contributed by atoms with van der Waals surface area (Å²) >= 11 is 5.93. The third-order valence-corrected chi connectivity index (χ3v) is 4.26. The molecule has 1 aromatic carbocycles. The highest BCUT2D eigenvalue weighted by Crippen LogP contribution is 2.24. The molecular formula is C15H20ClN3O2. The molecule has 1 aromatic rings. The molecule has 2 heterocycles. The molecule has 2 atom stereocenters. The molecule has 5 nitrogen and oxygen atoms in total. The maximum atomic E-state index is 12.1. The number of hydrogen-bond donors (Lipinski definition) is 1. The lowest BCUT2D eigenvalue weighted by Crippen LogP contribution is -2.47. The fourth-order valence-corrected chi connectivity index (χ4v) is 3.01. The van der Waals surface area contributed by atoms with E-state index in [1.807, 2.05) is 29.2 Å². The van der Waals surface area contributed by atoms with Crippen molar-refractivity contribution in [2.75, 3.05) is 39.8 Å². The second-order valence-electron chi connectivity index (χ2n) is 5.64. The molecule has 2 aliphatic rings. The monoisotopic (exact) mass is 309 g/mol. The van der Waals surface area contributed by atoms with E-state index < -0.39 is 0 Å². The number of hydrogen-bond acceptors (Lipinski definition) is 4. The van der Waals surface area contributed by atoms with Gasteiger partial charge in [-0.3, -0.25) is 10.1 Å². The predicted octanol–water partition coefficient (Wildman–Crippen LogP) is 1.10. The number of morpholine rings is 1. The number of benzene rings is 1. The normalized spacial score (nSPS) is 27.3. The van der Waals surface area contributed by atoms with Gasteiger partial charge in [-0.1, -0.05) is 23.7 Å². The van der Waals surface area contributed by atoms with E-state index in [0.717, 1.165) is 25.3 Å². The van der Waals surface area contributed by atoms with Gasteiger partial charge in [-0.2, -0.15) is 0 Å². The van der Waals surface area contributed by atoms with E-state index in [4.69, 9.17) is 16.3 Å². The van der Waals surface area contributed by atoms with Crippen LogP contribution in [0, 0.1) is 0 Å². The zero-order valence-electron chi connectivity index (χ0n) is 12.1. The SMILES string of the molecule is CN1CCOC(CN2C(=O)CNC2c2ccc(Cl)cc2)C1. The number of nitrogens with one attached hydrogen (secondary N) is 1. The van der Waals surface area contributed by atoms with Gasteiger partial charge in [-0.15, -0.1) is 0 Å². The van der Waals surface area contributed by atoms with Crippen LogP contribution in [0.4, 0.5) is 0 Å². The third-order valence-electron chi connectivity index (χ3n) is 4.01. The molecule has 3 rings (SSSR count). The fourth-order valence-electron chi connectivity index (χ4n) is 2.89. The van der Waals surface area contributed by atoms with E-state index in [2.05, 4.69) is 17.3 Å². The van der Waals surface area contributed by atoms with Crippen molar-refractivity contribution in [3.8, 4) is 0 Å². The fraction of sp³-hybridized carbons (Fsp3) is 0.533. The minimum atomic E-state index is -0.0920. The number of ether oxygens (including phenoxy) is 1. The highest BCUT2D eigenvalue weighted by Gasteiger charge is 2.34. The molecule has 0 saturated carbocycles. The molecule has 21 heavy (non-hydrogen) atoms. The van der Waals surface area contributed by atoms with Crippen molar-refractivity contribution in [1.29, 1.82) is 0 Å². The minimum absolute atomic E-state index is 0.0717. The maximum absolute atomic E-state index is 12.1. The molecule has 0 radical (unpaired) electrons. The standard InChI is InChI=1S/C15H20ClN3O2/c1-18-6-7-21-13(9-18)10-19-14(20)8-17-15(19)11-2-4-12(16)5-3-11/h2-5,13,15,17H,6-10H2,1H3. The first-order valence-electron chi connectivity index (χ1n) is 7.22. The van der Waals surface area contributed by atoms with E-state index in [0.29, 0.717) is 18.1 Å². The third kappa shape index (κ3) is 3.37. The molecule has 2 saturated heterocycles. The largest absolute Gasteiger partial charge is 0.374 e. The van der Waals surface area contributed by atoms with Crippen LogP contribution < -0.4 is 5.32 Å². The number of carbonyl (C=O) groups excluding carboxylic acids is 1. The summed E-state index contributed by atoms with van der Waals surface area (Å²) in [7, 11) is 2.08. The smallest absolute Gasteiger partial charge is 0.238 e. The van der Waals surface area contributed by atoms with Gasteiger partial charge in [0.15, 0.2) is 0 Å². The Kier molecular flexibility index (Phi) is 4.45. The molecule has 0 aliphatic carbocycles. The molecule has 2 aliphatic heterocycles. The van der Waals surface area contributed by atoms with E-state index in [9.17, 15) is 4.79 Å². The average molecular weight is 310 g/mol. The van der Waals surface area contributed by atoms with Crippen LogP contribution >= 0.6 is 11.6 Å². The van der Waals surface area contributed by atoms with Gasteiger partial charge in [0, 0.05) is 18.1 Å². The molecule has 1 N–H and O–H groups in total. The van der Waals surface area contributed by atoms with E-state index in [1.165, 1.54) is 0 Å². The average Bonchev–Trinajstić information content (AvgIpc) is 2.81. The Bertz CT molecular complexity index is 508. The molecule has 0 bridgehead atoms. The summed E-state index contributed by atoms with van der Waals surface area (Å²) in [6.45, 7) is 3.52. The number of likely N-dealkylation sites (N-methyl/N-ethyl adjacent to an activating group) is 1. The van der Waals surface area contributed by atoms with Crippen molar-refractivity contribution in [3.63, 3.8) is 0 Å². The number of carbonyl (C=O) groups is 1. The van der Waals surface area contributed by atoms with Crippen LogP contribution in [-0.2, 0) is 9.53 Å². The Morgan fingerprint density at radius 3 is 2.86 bits per heavy atom. The molecule has 6 heteroatoms. The van der Waals surface area contributed by atoms with Crippen LogP contribution in [0.25, 0.3) is 0 Å². The summed E-state index contributed by atoms with van der Waals surface area (Å²) in [6.07, 6.45) is -0.0204. The zero-order valence-corrected chi connectivity index (χ0v) is 12.8. The topological polar surface area (TPSA) is 44.8 Å². The lowest BCUT2D eigenvalue weighted by Gasteiger charge is -2.34. The van der Waals surface area contributed by atoms with Crippen LogP contribution in [0.2, 0.25) is 5.02 Å². The Balaban J connectivity index is 1.71. The first-order valence-corrected chi connectivity index (χ1v) is 7.60. The van der Waals surface area contributed by atoms with Crippen molar-refractivity contribution in [3.05, 3.63) is 34.9 Å². The minimum Gasteiger partial charge on any atom is -0.374 e. The summed E-state index contributed by atoms with van der Waals surface area (Å²) < 4.78 is 5.78. The summed E-state index contributed by atoms with van der Waals surface area (Å²) in [5.74, 6) is 0.117. The summed E-state index contributed by atoms with van der Waals surface area (Å²) in [4.78, 5) is 16.3. The van der Waals surface area contributed by atoms with Crippen molar-refractivity contribution in [2.24, 2.45) is 0 Å². The quantitative estimate of drug-likeness (QED) is 0.908. The van der Waals surface area contributed by atoms with E-state index in [1.54, 1.807) is 0 Å².